The van der Waals surface area contributed by atoms with Crippen molar-refractivity contribution in [3.8, 4) is 0 Å². The van der Waals surface area contributed by atoms with Crippen LogP contribution in [0.25, 0.3) is 0 Å². The third kappa shape index (κ3) is 131. The normalized spacial score (nSPS) is 12.7. The van der Waals surface area contributed by atoms with Gasteiger partial charge in [0.05, 0.1) is 229 Å². The van der Waals surface area contributed by atoms with E-state index in [1.54, 1.807) is 21.0 Å². The Labute approximate surface area is 619 Å². The maximum atomic E-state index is 10.4. The number of hydrogen-bond donors (Lipinski definition) is 13. The first-order chi connectivity index (χ1) is 46.5. The number of aliphatic hydroxyl groups excluding tert-OH is 7. The maximum absolute atomic E-state index is 10.4. The molecule has 0 aliphatic rings. The molecule has 0 heterocycles. The first-order valence-electron chi connectivity index (χ1n) is 31.8. The van der Waals surface area contributed by atoms with Crippen LogP contribution >= 0.6 is 0 Å². The van der Waals surface area contributed by atoms with Crippen LogP contribution in [0.15, 0.2) is 0 Å². The molecule has 0 saturated carbocycles. The summed E-state index contributed by atoms with van der Waals surface area (Å²) in [6, 6.07) is -0.681. The molecule has 50 heteroatoms. The number of carboxylic acids is 3. The molecule has 0 amide bonds. The third-order valence-electron chi connectivity index (χ3n) is 12.7. The Kier molecular flexibility index (Phi) is 75.7. The van der Waals surface area contributed by atoms with Crippen LogP contribution in [-0.4, -0.2) is 423 Å². The molecule has 0 aromatic rings. The molecule has 0 spiro atoms. The molecule has 15 N–H and O–H groups in total. The SMILES string of the molecule is CCC(N)C(=O)O.C[N+](C)(C)CCCCS(=O)(=O)[O-].C[N+](C)(C)CCCCS(=O)(=O)[O-].C[N+](C)(CCO)CC(=O)[O-].C[N+](C)(CCO)CCCCS(=O)(=O)[O-].C[N+](C)(CCO)CCCS(=O)(=O)[O-].C[NH+](CCO)CCC(=O)[O-].NCCOS(=O)(=O)O.O=S(=O)(O)CCCC(CO)(CO)CO.O=S(=O)=O. The number of aliphatic carboxylic acids is 3. The van der Waals surface area contributed by atoms with Gasteiger partial charge in [-0.05, 0) is 57.8 Å². The molecule has 0 aliphatic heterocycles. The fourth-order valence-corrected chi connectivity index (χ4v) is 9.63. The fourth-order valence-electron chi connectivity index (χ4n) is 6.66. The highest BCUT2D eigenvalue weighted by Gasteiger charge is 2.28. The van der Waals surface area contributed by atoms with Crippen LogP contribution in [0.4, 0.5) is 0 Å². The number of aliphatic hydroxyl groups is 7. The van der Waals surface area contributed by atoms with Gasteiger partial charge in [-0.2, -0.15) is 16.8 Å². The number of unbranched alkanes of at least 4 members (excludes halogenated alkanes) is 3. The standard InChI is InChI=1S/C8H19NO4S.C7H17NO4S.2C7H17NO3S.C7H16O6S.2C6H13NO3.C4H9NO2.C2H7NO4S.O3S/c1-9(2,6-7-10)5-3-4-8-14(11,12)13;1-8(2,5-6-9)4-3-7-13(10,11)12;2*1-8(2,3)6-4-5-7-12(9,10)11;8-4-7(5-9,6-10)2-1-3-14(11,12)13;1-7(2,3-4-8)5-6(9)10;1-7(4-5-8)3-2-6(9)10;1-2-3(5)4(6)7;3-1-2-7-8(4,5)6;1-4(2)3/h10H,3-8H2,1-2H3;9H,3-7H2,1-2H3;2*4-7H2,1-3H3;8-10H,1-6H2,(H,11,12,13);8H,3-5H2,1-2H3;8H,2-5H2,1H3,(H,9,10);3H,2,5H2,1H3,(H,6,7);1-3H2,(H,4,5,6);. The van der Waals surface area contributed by atoms with E-state index in [1.807, 2.05) is 77.5 Å². The van der Waals surface area contributed by atoms with E-state index >= 15 is 0 Å². The third-order valence-corrected chi connectivity index (χ3v) is 17.1. The lowest BCUT2D eigenvalue weighted by atomic mass is 9.86. The van der Waals surface area contributed by atoms with Gasteiger partial charge in [0.1, 0.15) is 38.8 Å². The number of hydrogen-bond acceptors (Lipinski definition) is 34. The first kappa shape index (κ1) is 122. The second-order valence-electron chi connectivity index (χ2n) is 26.9. The summed E-state index contributed by atoms with van der Waals surface area (Å²) in [5, 5.41) is 89.0. The number of nitrogens with two attached hydrogens (primary N) is 2. The van der Waals surface area contributed by atoms with E-state index in [-0.39, 0.29) is 92.9 Å². The largest absolute Gasteiger partial charge is 0.748 e. The van der Waals surface area contributed by atoms with Gasteiger partial charge in [-0.1, -0.05) is 6.92 Å². The van der Waals surface area contributed by atoms with Crippen molar-refractivity contribution in [2.45, 2.75) is 83.6 Å². The quantitative estimate of drug-likeness (QED) is 0.0153. The molecule has 0 aliphatic carbocycles. The van der Waals surface area contributed by atoms with Crippen molar-refractivity contribution in [2.24, 2.45) is 16.9 Å². The average molecular weight is 1670 g/mol. The highest BCUT2D eigenvalue weighted by atomic mass is 32.3. The van der Waals surface area contributed by atoms with Crippen molar-refractivity contribution in [2.75, 3.05) is 245 Å². The van der Waals surface area contributed by atoms with Crippen LogP contribution < -0.4 is 26.6 Å². The number of nitrogens with zero attached hydrogens (tertiary/aromatic N) is 5. The van der Waals surface area contributed by atoms with Gasteiger partial charge in [-0.3, -0.25) is 13.9 Å². The van der Waals surface area contributed by atoms with Crippen LogP contribution in [0.2, 0.25) is 0 Å². The van der Waals surface area contributed by atoms with E-state index in [9.17, 15) is 93.3 Å². The van der Waals surface area contributed by atoms with Crippen molar-refractivity contribution in [1.29, 1.82) is 0 Å². The maximum Gasteiger partial charge on any atom is 0.425 e. The van der Waals surface area contributed by atoms with Gasteiger partial charge in [0.15, 0.2) is 0 Å². The molecule has 104 heavy (non-hydrogen) atoms. The predicted molar refractivity (Wildman–Crippen MR) is 373 cm³/mol. The van der Waals surface area contributed by atoms with Crippen molar-refractivity contribution in [3.63, 3.8) is 0 Å². The molecule has 636 valence electrons. The Morgan fingerprint density at radius 3 is 1.03 bits per heavy atom. The smallest absolute Gasteiger partial charge is 0.425 e. The molecular formula is C54H128N8O35S7. The van der Waals surface area contributed by atoms with Crippen molar-refractivity contribution >= 4 is 89.5 Å². The summed E-state index contributed by atoms with van der Waals surface area (Å²) in [6.45, 7) is 6.49. The summed E-state index contributed by atoms with van der Waals surface area (Å²) in [7, 11) is -2.36. The lowest BCUT2D eigenvalue weighted by molar-refractivity contribution is -0.890. The van der Waals surface area contributed by atoms with Gasteiger partial charge >= 0.3 is 27.0 Å². The minimum absolute atomic E-state index is 0.000278. The van der Waals surface area contributed by atoms with Gasteiger partial charge in [-0.15, -0.1) is 12.6 Å². The highest BCUT2D eigenvalue weighted by molar-refractivity contribution is 7.86. The summed E-state index contributed by atoms with van der Waals surface area (Å²) in [6.07, 6.45) is 4.73. The van der Waals surface area contributed by atoms with Crippen molar-refractivity contribution in [3.05, 3.63) is 0 Å². The van der Waals surface area contributed by atoms with Crippen LogP contribution in [0.1, 0.15) is 77.6 Å². The molecule has 0 rings (SSSR count). The minimum Gasteiger partial charge on any atom is -0.748 e. The van der Waals surface area contributed by atoms with Crippen molar-refractivity contribution < 1.29 is 187 Å². The highest BCUT2D eigenvalue weighted by Crippen LogP contribution is 2.22. The fraction of sp³-hybridized carbons (Fsp3) is 0.944. The van der Waals surface area contributed by atoms with E-state index in [0.29, 0.717) is 86.8 Å². The Morgan fingerprint density at radius 1 is 0.490 bits per heavy atom. The number of likely N-dealkylation sites (N-methyl/N-ethyl adjacent to an activating group) is 4. The predicted octanol–water partition coefficient (Wildman–Crippen LogP) is -11.0. The Morgan fingerprint density at radius 2 is 0.808 bits per heavy atom. The molecule has 0 aromatic heterocycles. The van der Waals surface area contributed by atoms with Crippen molar-refractivity contribution in [1.82, 2.24) is 0 Å². The number of carbonyl (C=O) groups is 3. The van der Waals surface area contributed by atoms with Gasteiger partial charge in [0, 0.05) is 53.8 Å². The summed E-state index contributed by atoms with van der Waals surface area (Å²) < 4.78 is 211. The summed E-state index contributed by atoms with van der Waals surface area (Å²) in [4.78, 5) is 30.8. The van der Waals surface area contributed by atoms with Gasteiger partial charge < -0.3 is 118 Å². The molecule has 2 unspecified atom stereocenters. The molecule has 0 bridgehead atoms. The average Bonchev–Trinajstić information content (AvgIpc) is 1.03. The minimum atomic E-state index is -4.27. The first-order valence-corrected chi connectivity index (χ1v) is 42.0. The monoisotopic (exact) mass is 1670 g/mol. The van der Waals surface area contributed by atoms with Gasteiger partial charge in [0.2, 0.25) is 0 Å². The number of rotatable bonds is 44. The van der Waals surface area contributed by atoms with E-state index in [0.717, 1.165) is 46.3 Å². The van der Waals surface area contributed by atoms with Crippen LogP contribution in [0.3, 0.4) is 0 Å². The molecule has 0 fully saturated rings. The zero-order chi connectivity index (χ0) is 84.9. The van der Waals surface area contributed by atoms with Crippen LogP contribution in [0, 0.1) is 5.41 Å². The molecule has 0 radical (unpaired) electrons. The Bertz CT molecular complexity index is 2930. The number of carboxylic acid groups (broad SMARTS) is 3. The summed E-state index contributed by atoms with van der Waals surface area (Å²) in [5.74, 6) is -4.54. The van der Waals surface area contributed by atoms with Crippen LogP contribution in [0.5, 0.6) is 0 Å². The zero-order valence-electron chi connectivity index (χ0n) is 62.8. The van der Waals surface area contributed by atoms with Gasteiger partial charge in [0.25, 0.3) is 10.1 Å². The van der Waals surface area contributed by atoms with E-state index < -0.39 is 127 Å². The Balaban J connectivity index is -0.000000119. The lowest BCUT2D eigenvalue weighted by Gasteiger charge is -2.29. The lowest BCUT2D eigenvalue weighted by Crippen LogP contribution is -3.09. The zero-order valence-corrected chi connectivity index (χ0v) is 68.5. The number of nitrogens with one attached hydrogen (secondary N) is 1. The summed E-state index contributed by atoms with van der Waals surface area (Å²) in [5.41, 5.74) is 8.79. The second kappa shape index (κ2) is 64.6. The number of quaternary nitrogens is 6. The topological polar surface area (TPSA) is 714 Å². The summed E-state index contributed by atoms with van der Waals surface area (Å²) >= 11 is 0. The molecule has 0 saturated heterocycles. The van der Waals surface area contributed by atoms with Crippen LogP contribution in [-0.2, 0) is 90.2 Å². The van der Waals surface area contributed by atoms with E-state index in [4.69, 9.17) is 74.1 Å². The molecule has 2 atom stereocenters. The second-order valence-corrected chi connectivity index (χ2v) is 36.1. The Hall–Kier alpha value is -3.15. The number of carbonyl (C=O) groups excluding carboxylic acids is 2. The van der Waals surface area contributed by atoms with Gasteiger partial charge in [-0.25, -0.2) is 37.9 Å². The van der Waals surface area contributed by atoms with E-state index in [1.165, 1.54) is 0 Å². The molecular weight excluding hydrogens is 1550 g/mol. The molecule has 43 nitrogen and oxygen atoms in total. The molecule has 0 aromatic carbocycles. The van der Waals surface area contributed by atoms with E-state index in [2.05, 4.69) is 4.18 Å².